The third-order valence-electron chi connectivity index (χ3n) is 3.52. The molecule has 106 valence electrons. The summed E-state index contributed by atoms with van der Waals surface area (Å²) < 4.78 is 0. The molecule has 0 aromatic carbocycles. The Hall–Kier alpha value is -1.94. The molecule has 2 aromatic heterocycles. The van der Waals surface area contributed by atoms with E-state index in [0.717, 1.165) is 24.5 Å². The third kappa shape index (κ3) is 3.78. The zero-order valence-corrected chi connectivity index (χ0v) is 12.4. The molecule has 0 aliphatic carbocycles. The molecular weight excluding hydrogens is 248 g/mol. The topological polar surface area (TPSA) is 41.1 Å². The van der Waals surface area contributed by atoms with Gasteiger partial charge < -0.3 is 10.2 Å². The van der Waals surface area contributed by atoms with Gasteiger partial charge in [-0.05, 0) is 43.8 Å². The average Bonchev–Trinajstić information content (AvgIpc) is 2.53. The van der Waals surface area contributed by atoms with Gasteiger partial charge in [-0.3, -0.25) is 4.98 Å². The van der Waals surface area contributed by atoms with Gasteiger partial charge in [0.15, 0.2) is 0 Å². The van der Waals surface area contributed by atoms with Crippen LogP contribution in [0.15, 0.2) is 42.7 Å². The lowest BCUT2D eigenvalue weighted by Crippen LogP contribution is -2.22. The number of aromatic nitrogens is 2. The van der Waals surface area contributed by atoms with Crippen LogP contribution in [0.4, 0.5) is 5.82 Å². The van der Waals surface area contributed by atoms with Gasteiger partial charge in [-0.1, -0.05) is 6.07 Å². The Bertz CT molecular complexity index is 527. The van der Waals surface area contributed by atoms with Crippen molar-refractivity contribution in [3.05, 3.63) is 54.0 Å². The Morgan fingerprint density at radius 2 is 2.05 bits per heavy atom. The number of nitrogens with one attached hydrogen (secondary N) is 1. The minimum absolute atomic E-state index is 0.334. The molecule has 2 rings (SSSR count). The van der Waals surface area contributed by atoms with Crippen LogP contribution in [0.3, 0.4) is 0 Å². The van der Waals surface area contributed by atoms with Crippen LogP contribution in [0.5, 0.6) is 0 Å². The Kier molecular flexibility index (Phi) is 5.07. The predicted molar refractivity (Wildman–Crippen MR) is 82.9 cm³/mol. The summed E-state index contributed by atoms with van der Waals surface area (Å²) in [6, 6.07) is 10.5. The molecule has 20 heavy (non-hydrogen) atoms. The molecule has 1 N–H and O–H groups in total. The Morgan fingerprint density at radius 1 is 1.20 bits per heavy atom. The predicted octanol–water partition coefficient (Wildman–Crippen LogP) is 2.44. The van der Waals surface area contributed by atoms with Crippen molar-refractivity contribution in [2.24, 2.45) is 0 Å². The van der Waals surface area contributed by atoms with E-state index in [1.54, 1.807) is 0 Å². The minimum Gasteiger partial charge on any atom is -0.359 e. The molecule has 1 atom stereocenters. The maximum absolute atomic E-state index is 4.45. The van der Waals surface area contributed by atoms with Crippen molar-refractivity contribution in [2.45, 2.75) is 19.4 Å². The van der Waals surface area contributed by atoms with Crippen molar-refractivity contribution in [3.63, 3.8) is 0 Å². The number of hydrogen-bond acceptors (Lipinski definition) is 4. The molecule has 0 spiro atoms. The van der Waals surface area contributed by atoms with Crippen LogP contribution in [0.25, 0.3) is 0 Å². The summed E-state index contributed by atoms with van der Waals surface area (Å²) in [5, 5.41) is 3.25. The second-order valence-electron chi connectivity index (χ2n) is 4.95. The molecule has 2 heterocycles. The highest BCUT2D eigenvalue weighted by Gasteiger charge is 2.07. The van der Waals surface area contributed by atoms with E-state index in [1.807, 2.05) is 31.6 Å². The number of nitrogens with zero attached hydrogens (tertiary/aromatic N) is 3. The first-order valence-corrected chi connectivity index (χ1v) is 6.95. The monoisotopic (exact) mass is 270 g/mol. The van der Waals surface area contributed by atoms with Crippen LogP contribution in [0.1, 0.15) is 24.2 Å². The summed E-state index contributed by atoms with van der Waals surface area (Å²) in [4.78, 5) is 11.0. The molecule has 0 aliphatic rings. The molecule has 0 bridgehead atoms. The molecular formula is C16H22N4. The van der Waals surface area contributed by atoms with E-state index >= 15 is 0 Å². The summed E-state index contributed by atoms with van der Waals surface area (Å²) in [6.07, 6.45) is 4.63. The van der Waals surface area contributed by atoms with Gasteiger partial charge in [0, 0.05) is 44.1 Å². The highest BCUT2D eigenvalue weighted by molar-refractivity contribution is 5.41. The largest absolute Gasteiger partial charge is 0.359 e. The molecule has 0 amide bonds. The van der Waals surface area contributed by atoms with Gasteiger partial charge in [0.1, 0.15) is 5.82 Å². The molecule has 0 saturated heterocycles. The Morgan fingerprint density at radius 3 is 2.75 bits per heavy atom. The molecule has 0 fully saturated rings. The van der Waals surface area contributed by atoms with Crippen molar-refractivity contribution in [3.8, 4) is 0 Å². The SMILES string of the molecule is CNC(C)c1ccnc(N(C)CCc2ccccn2)c1. The number of pyridine rings is 2. The van der Waals surface area contributed by atoms with Crippen molar-refractivity contribution in [2.75, 3.05) is 25.5 Å². The van der Waals surface area contributed by atoms with Gasteiger partial charge in [0.25, 0.3) is 0 Å². The molecule has 1 unspecified atom stereocenters. The first kappa shape index (κ1) is 14.5. The second-order valence-corrected chi connectivity index (χ2v) is 4.95. The van der Waals surface area contributed by atoms with Gasteiger partial charge >= 0.3 is 0 Å². The van der Waals surface area contributed by atoms with Crippen LogP contribution in [-0.2, 0) is 6.42 Å². The first-order valence-electron chi connectivity index (χ1n) is 6.95. The maximum Gasteiger partial charge on any atom is 0.128 e. The van der Waals surface area contributed by atoms with E-state index in [0.29, 0.717) is 6.04 Å². The summed E-state index contributed by atoms with van der Waals surface area (Å²) in [5.41, 5.74) is 2.36. The van der Waals surface area contributed by atoms with Crippen LogP contribution >= 0.6 is 0 Å². The van der Waals surface area contributed by atoms with Crippen LogP contribution in [0.2, 0.25) is 0 Å². The minimum atomic E-state index is 0.334. The Balaban J connectivity index is 2.00. The maximum atomic E-state index is 4.45. The average molecular weight is 270 g/mol. The van der Waals surface area contributed by atoms with E-state index < -0.39 is 0 Å². The van der Waals surface area contributed by atoms with E-state index in [-0.39, 0.29) is 0 Å². The quantitative estimate of drug-likeness (QED) is 0.875. The lowest BCUT2D eigenvalue weighted by molar-refractivity contribution is 0.651. The van der Waals surface area contributed by atoms with E-state index in [1.165, 1.54) is 5.56 Å². The van der Waals surface area contributed by atoms with Crippen LogP contribution in [-0.4, -0.2) is 30.6 Å². The fourth-order valence-electron chi connectivity index (χ4n) is 2.02. The number of likely N-dealkylation sites (N-methyl/N-ethyl adjacent to an activating group) is 1. The Labute approximate surface area is 120 Å². The van der Waals surface area contributed by atoms with Crippen LogP contribution < -0.4 is 10.2 Å². The summed E-state index contributed by atoms with van der Waals surface area (Å²) >= 11 is 0. The second kappa shape index (κ2) is 7.01. The van der Waals surface area contributed by atoms with Crippen molar-refractivity contribution >= 4 is 5.82 Å². The molecule has 4 nitrogen and oxygen atoms in total. The van der Waals surface area contributed by atoms with Gasteiger partial charge in [-0.25, -0.2) is 4.98 Å². The molecule has 0 saturated carbocycles. The normalized spacial score (nSPS) is 12.2. The zero-order chi connectivity index (χ0) is 14.4. The standard InChI is InChI=1S/C16H22N4/c1-13(17-2)14-7-10-19-16(12-14)20(3)11-8-15-6-4-5-9-18-15/h4-7,9-10,12-13,17H,8,11H2,1-3H3. The van der Waals surface area contributed by atoms with E-state index in [9.17, 15) is 0 Å². The summed E-state index contributed by atoms with van der Waals surface area (Å²) in [7, 11) is 4.04. The van der Waals surface area contributed by atoms with Gasteiger partial charge in [0.05, 0.1) is 0 Å². The van der Waals surface area contributed by atoms with Crippen molar-refractivity contribution in [1.82, 2.24) is 15.3 Å². The molecule has 0 aliphatic heterocycles. The highest BCUT2D eigenvalue weighted by atomic mass is 15.2. The van der Waals surface area contributed by atoms with Crippen molar-refractivity contribution in [1.29, 1.82) is 0 Å². The summed E-state index contributed by atoms with van der Waals surface area (Å²) in [5.74, 6) is 1.00. The lowest BCUT2D eigenvalue weighted by atomic mass is 10.1. The van der Waals surface area contributed by atoms with E-state index in [2.05, 4.69) is 52.4 Å². The highest BCUT2D eigenvalue weighted by Crippen LogP contribution is 2.17. The lowest BCUT2D eigenvalue weighted by Gasteiger charge is -2.20. The fourth-order valence-corrected chi connectivity index (χ4v) is 2.02. The first-order chi connectivity index (χ1) is 9.70. The van der Waals surface area contributed by atoms with Gasteiger partial charge in [-0.15, -0.1) is 0 Å². The van der Waals surface area contributed by atoms with Gasteiger partial charge in [0.2, 0.25) is 0 Å². The third-order valence-corrected chi connectivity index (χ3v) is 3.52. The zero-order valence-electron chi connectivity index (χ0n) is 12.4. The molecule has 4 heteroatoms. The molecule has 2 aromatic rings. The fraction of sp³-hybridized carbons (Fsp3) is 0.375. The summed E-state index contributed by atoms with van der Waals surface area (Å²) in [6.45, 7) is 3.05. The number of rotatable bonds is 6. The van der Waals surface area contributed by atoms with Gasteiger partial charge in [-0.2, -0.15) is 0 Å². The van der Waals surface area contributed by atoms with Crippen LogP contribution in [0, 0.1) is 0 Å². The van der Waals surface area contributed by atoms with E-state index in [4.69, 9.17) is 0 Å². The molecule has 0 radical (unpaired) electrons. The number of anilines is 1. The number of hydrogen-bond donors (Lipinski definition) is 1. The smallest absolute Gasteiger partial charge is 0.128 e. The van der Waals surface area contributed by atoms with Crippen molar-refractivity contribution < 1.29 is 0 Å².